The number of carbonyl (C=O) groups excluding carboxylic acids is 2. The van der Waals surface area contributed by atoms with Crippen LogP contribution in [0.25, 0.3) is 0 Å². The molecule has 1 fully saturated rings. The smallest absolute Gasteiger partial charge is 0.226 e. The van der Waals surface area contributed by atoms with Crippen molar-refractivity contribution in [2.75, 3.05) is 46.6 Å². The summed E-state index contributed by atoms with van der Waals surface area (Å²) in [6.07, 6.45) is 6.88. The number of rotatable bonds is 4. The van der Waals surface area contributed by atoms with Crippen molar-refractivity contribution in [1.29, 1.82) is 0 Å². The molecule has 1 N–H and O–H groups in total. The number of amides is 2. The number of nitrogens with zero attached hydrogens (tertiary/aromatic N) is 1. The number of para-hydroxylation sites is 1. The average molecular weight is 537 g/mol. The van der Waals surface area contributed by atoms with E-state index in [0.29, 0.717) is 82.4 Å². The molecule has 8 heteroatoms. The van der Waals surface area contributed by atoms with Crippen LogP contribution in [0.15, 0.2) is 36.4 Å². The number of nitrogens with one attached hydrogen (secondary N) is 1. The number of benzene rings is 2. The van der Waals surface area contributed by atoms with Crippen LogP contribution in [-0.4, -0.2) is 63.3 Å². The fourth-order valence-corrected chi connectivity index (χ4v) is 5.95. The number of fused-ring (bicyclic) bond motifs is 2. The largest absolute Gasteiger partial charge is 0.496 e. The normalized spacial score (nSPS) is 19.4. The van der Waals surface area contributed by atoms with Gasteiger partial charge in [0.05, 0.1) is 19.1 Å². The van der Waals surface area contributed by atoms with Crippen molar-refractivity contribution in [3.63, 3.8) is 0 Å². The van der Waals surface area contributed by atoms with Gasteiger partial charge in [0, 0.05) is 32.1 Å². The van der Waals surface area contributed by atoms with Gasteiger partial charge in [-0.3, -0.25) is 9.59 Å². The minimum Gasteiger partial charge on any atom is -0.496 e. The maximum Gasteiger partial charge on any atom is 0.226 e. The van der Waals surface area contributed by atoms with Crippen LogP contribution in [0.2, 0.25) is 0 Å². The van der Waals surface area contributed by atoms with Gasteiger partial charge in [0.25, 0.3) is 0 Å². The summed E-state index contributed by atoms with van der Waals surface area (Å²) in [5.41, 5.74) is 1.76. The number of piperidine rings is 1. The summed E-state index contributed by atoms with van der Waals surface area (Å²) in [5, 5.41) is 3.18. The molecule has 1 spiro atoms. The molecule has 3 aliphatic heterocycles. The van der Waals surface area contributed by atoms with Crippen molar-refractivity contribution in [3.8, 4) is 23.0 Å². The highest BCUT2D eigenvalue weighted by Gasteiger charge is 2.41. The highest BCUT2D eigenvalue weighted by Crippen LogP contribution is 2.39. The highest BCUT2D eigenvalue weighted by molar-refractivity contribution is 5.83. The lowest BCUT2D eigenvalue weighted by Gasteiger charge is -2.41. The van der Waals surface area contributed by atoms with Gasteiger partial charge < -0.3 is 29.2 Å². The lowest BCUT2D eigenvalue weighted by Crippen LogP contribution is -2.50. The van der Waals surface area contributed by atoms with E-state index in [9.17, 15) is 9.59 Å². The van der Waals surface area contributed by atoms with Gasteiger partial charge in [-0.2, -0.15) is 0 Å². The van der Waals surface area contributed by atoms with Crippen molar-refractivity contribution >= 4 is 11.8 Å². The molecule has 1 saturated heterocycles. The minimum atomic E-state index is -0.412. The third-order valence-corrected chi connectivity index (χ3v) is 8.30. The molecule has 0 unspecified atom stereocenters. The lowest BCUT2D eigenvalue weighted by molar-refractivity contribution is -0.141. The predicted octanol–water partition coefficient (Wildman–Crippen LogP) is 4.32. The second-order valence-electron chi connectivity index (χ2n) is 10.7. The molecule has 5 rings (SSSR count). The predicted molar refractivity (Wildman–Crippen MR) is 148 cm³/mol. The third kappa shape index (κ3) is 6.43. The number of methoxy groups -OCH3 is 1. The number of hydrogen-bond donors (Lipinski definition) is 1. The fraction of sp³-hybridized carbons (Fsp3) is 0.548. The SMILES string of the molecule is COc1cc2c(cc1CCC(=O)N1CCC3(CCCCc4ccccc4OCCCNC3=O)CC1)OCCO2. The van der Waals surface area contributed by atoms with Crippen LogP contribution in [0.1, 0.15) is 56.1 Å². The average Bonchev–Trinajstić information content (AvgIpc) is 2.99. The summed E-state index contributed by atoms with van der Waals surface area (Å²) in [4.78, 5) is 28.5. The van der Waals surface area contributed by atoms with Gasteiger partial charge in [-0.05, 0) is 68.2 Å². The number of carbonyl (C=O) groups is 2. The van der Waals surface area contributed by atoms with Gasteiger partial charge in [-0.25, -0.2) is 0 Å². The van der Waals surface area contributed by atoms with E-state index >= 15 is 0 Å². The summed E-state index contributed by atoms with van der Waals surface area (Å²) >= 11 is 0. The van der Waals surface area contributed by atoms with Crippen LogP contribution in [-0.2, 0) is 22.4 Å². The van der Waals surface area contributed by atoms with Crippen LogP contribution in [0, 0.1) is 5.41 Å². The summed E-state index contributed by atoms with van der Waals surface area (Å²) in [5.74, 6) is 3.28. The maximum atomic E-state index is 13.4. The molecule has 0 bridgehead atoms. The molecule has 39 heavy (non-hydrogen) atoms. The Morgan fingerprint density at radius 1 is 0.949 bits per heavy atom. The first-order valence-corrected chi connectivity index (χ1v) is 14.3. The summed E-state index contributed by atoms with van der Waals surface area (Å²) < 4.78 is 22.9. The second kappa shape index (κ2) is 12.6. The molecule has 3 aliphatic rings. The van der Waals surface area contributed by atoms with Gasteiger partial charge >= 0.3 is 0 Å². The Bertz CT molecular complexity index is 1160. The van der Waals surface area contributed by atoms with Gasteiger partial charge in [0.1, 0.15) is 24.7 Å². The molecule has 8 nitrogen and oxygen atoms in total. The van der Waals surface area contributed by atoms with E-state index in [4.69, 9.17) is 18.9 Å². The molecular formula is C31H40N2O6. The number of likely N-dealkylation sites (tertiary alicyclic amines) is 1. The highest BCUT2D eigenvalue weighted by atomic mass is 16.6. The van der Waals surface area contributed by atoms with Gasteiger partial charge in [-0.15, -0.1) is 0 Å². The first-order valence-electron chi connectivity index (χ1n) is 14.3. The van der Waals surface area contributed by atoms with Crippen LogP contribution >= 0.6 is 0 Å². The molecule has 0 aliphatic carbocycles. The minimum absolute atomic E-state index is 0.112. The Labute approximate surface area is 230 Å². The van der Waals surface area contributed by atoms with Crippen molar-refractivity contribution < 1.29 is 28.5 Å². The molecule has 0 saturated carbocycles. The molecule has 2 aromatic carbocycles. The Hall–Kier alpha value is -3.42. The molecule has 0 atom stereocenters. The van der Waals surface area contributed by atoms with Crippen LogP contribution in [0.5, 0.6) is 23.0 Å². The van der Waals surface area contributed by atoms with Crippen molar-refractivity contribution in [2.45, 2.75) is 57.8 Å². The standard InChI is InChI=1S/C31H40N2O6/c1-36-26-22-28-27(38-19-20-39-28)21-24(26)10-11-29(34)33-16-13-31(14-17-33)12-5-4-8-23-7-2-3-9-25(23)37-18-6-15-32-30(31)35/h2-3,7,9,21-22H,4-6,8,10-20H2,1H3,(H,32,35). The van der Waals surface area contributed by atoms with Crippen molar-refractivity contribution in [1.82, 2.24) is 10.2 Å². The van der Waals surface area contributed by atoms with Crippen LogP contribution < -0.4 is 24.3 Å². The molecule has 210 valence electrons. The summed E-state index contributed by atoms with van der Waals surface area (Å²) in [6.45, 7) is 3.43. The monoisotopic (exact) mass is 536 g/mol. The number of aryl methyl sites for hydroxylation is 2. The molecule has 0 radical (unpaired) electrons. The van der Waals surface area contributed by atoms with E-state index in [1.807, 2.05) is 29.2 Å². The zero-order chi connectivity index (χ0) is 27.1. The zero-order valence-corrected chi connectivity index (χ0v) is 23.0. The first kappa shape index (κ1) is 27.2. The second-order valence-corrected chi connectivity index (χ2v) is 10.7. The maximum absolute atomic E-state index is 13.4. The fourth-order valence-electron chi connectivity index (χ4n) is 5.95. The van der Waals surface area contributed by atoms with E-state index in [0.717, 1.165) is 43.4 Å². The van der Waals surface area contributed by atoms with Crippen molar-refractivity contribution in [3.05, 3.63) is 47.5 Å². The van der Waals surface area contributed by atoms with E-state index in [2.05, 4.69) is 17.4 Å². The molecule has 2 aromatic rings. The Balaban J connectivity index is 1.18. The molecule has 0 aromatic heterocycles. The third-order valence-electron chi connectivity index (χ3n) is 8.30. The Morgan fingerprint density at radius 2 is 1.69 bits per heavy atom. The van der Waals surface area contributed by atoms with Crippen molar-refractivity contribution in [2.24, 2.45) is 5.41 Å². The molecule has 3 heterocycles. The summed E-state index contributed by atoms with van der Waals surface area (Å²) in [6, 6.07) is 12.0. The zero-order valence-electron chi connectivity index (χ0n) is 23.0. The van der Waals surface area contributed by atoms with E-state index in [-0.39, 0.29) is 11.8 Å². The summed E-state index contributed by atoms with van der Waals surface area (Å²) in [7, 11) is 1.63. The number of ether oxygens (including phenoxy) is 4. The van der Waals surface area contributed by atoms with Gasteiger partial charge in [0.15, 0.2) is 11.5 Å². The molecular weight excluding hydrogens is 496 g/mol. The Kier molecular flexibility index (Phi) is 8.79. The lowest BCUT2D eigenvalue weighted by atomic mass is 9.73. The van der Waals surface area contributed by atoms with E-state index in [1.165, 1.54) is 5.56 Å². The Morgan fingerprint density at radius 3 is 2.49 bits per heavy atom. The van der Waals surface area contributed by atoms with Crippen LogP contribution in [0.3, 0.4) is 0 Å². The van der Waals surface area contributed by atoms with Gasteiger partial charge in [0.2, 0.25) is 11.8 Å². The first-order chi connectivity index (χ1) is 19.1. The van der Waals surface area contributed by atoms with E-state index in [1.54, 1.807) is 7.11 Å². The number of hydrogen-bond acceptors (Lipinski definition) is 6. The quantitative estimate of drug-likeness (QED) is 0.627. The van der Waals surface area contributed by atoms with Crippen LogP contribution in [0.4, 0.5) is 0 Å². The molecule has 2 amide bonds. The van der Waals surface area contributed by atoms with E-state index < -0.39 is 5.41 Å². The topological polar surface area (TPSA) is 86.3 Å². The van der Waals surface area contributed by atoms with Gasteiger partial charge in [-0.1, -0.05) is 24.6 Å².